The van der Waals surface area contributed by atoms with E-state index in [1.165, 1.54) is 17.2 Å². The fraction of sp³-hybridized carbons (Fsp3) is 0.100. The Morgan fingerprint density at radius 3 is 2.59 bits per heavy atom. The molecule has 0 fully saturated rings. The van der Waals surface area contributed by atoms with Crippen molar-refractivity contribution in [1.29, 1.82) is 0 Å². The van der Waals surface area contributed by atoms with Crippen LogP contribution in [0.5, 0.6) is 0 Å². The Morgan fingerprint density at radius 1 is 1.11 bits per heavy atom. The highest BCUT2D eigenvalue weighted by atomic mass is 16.3. The summed E-state index contributed by atoms with van der Waals surface area (Å²) in [5.74, 6) is -1.68. The van der Waals surface area contributed by atoms with Crippen molar-refractivity contribution < 1.29 is 19.1 Å². The Morgan fingerprint density at radius 2 is 1.93 bits per heavy atom. The first kappa shape index (κ1) is 16.7. The number of pyridine rings is 2. The zero-order chi connectivity index (χ0) is 18.8. The van der Waals surface area contributed by atoms with Crippen LogP contribution in [0.2, 0.25) is 0 Å². The fourth-order valence-electron chi connectivity index (χ4n) is 3.15. The van der Waals surface area contributed by atoms with E-state index in [1.54, 1.807) is 48.9 Å². The van der Waals surface area contributed by atoms with Gasteiger partial charge in [-0.05, 0) is 42.0 Å². The van der Waals surface area contributed by atoms with Gasteiger partial charge in [0.05, 0.1) is 30.1 Å². The molecule has 0 spiro atoms. The van der Waals surface area contributed by atoms with Crippen molar-refractivity contribution in [2.24, 2.45) is 0 Å². The highest BCUT2D eigenvalue weighted by Gasteiger charge is 2.44. The number of aliphatic hydroxyl groups excluding tert-OH is 1. The Balaban J connectivity index is 1.79. The summed E-state index contributed by atoms with van der Waals surface area (Å²) in [5.41, 5.74) is 1.29. The summed E-state index contributed by atoms with van der Waals surface area (Å²) < 4.78 is 5.18. The topological polar surface area (TPSA) is 96.5 Å². The van der Waals surface area contributed by atoms with Crippen LogP contribution in [0, 0.1) is 0 Å². The summed E-state index contributed by atoms with van der Waals surface area (Å²) in [7, 11) is 0. The summed E-state index contributed by atoms with van der Waals surface area (Å²) in [5, 5.41) is 10.5. The summed E-state index contributed by atoms with van der Waals surface area (Å²) in [6, 6.07) is 11.1. The molecule has 7 nitrogen and oxygen atoms in total. The van der Waals surface area contributed by atoms with E-state index in [0.29, 0.717) is 11.3 Å². The average molecular weight is 361 g/mol. The summed E-state index contributed by atoms with van der Waals surface area (Å²) >= 11 is 0. The molecule has 1 atom stereocenters. The van der Waals surface area contributed by atoms with Crippen LogP contribution in [-0.2, 0) is 11.3 Å². The maximum atomic E-state index is 12.9. The Kier molecular flexibility index (Phi) is 4.25. The first-order valence-electron chi connectivity index (χ1n) is 8.29. The summed E-state index contributed by atoms with van der Waals surface area (Å²) in [6.07, 6.45) is 6.14. The molecule has 4 heterocycles. The van der Waals surface area contributed by atoms with Crippen LogP contribution in [0.15, 0.2) is 83.1 Å². The Labute approximate surface area is 154 Å². The number of carbonyl (C=O) groups excluding carboxylic acids is 2. The third-order valence-corrected chi connectivity index (χ3v) is 4.37. The van der Waals surface area contributed by atoms with Crippen molar-refractivity contribution in [3.63, 3.8) is 0 Å². The van der Waals surface area contributed by atoms with Gasteiger partial charge in [0.25, 0.3) is 5.91 Å². The van der Waals surface area contributed by atoms with Gasteiger partial charge in [-0.25, -0.2) is 0 Å². The second-order valence-electron chi connectivity index (χ2n) is 6.01. The van der Waals surface area contributed by atoms with Crippen LogP contribution in [0.3, 0.4) is 0 Å². The maximum Gasteiger partial charge on any atom is 0.290 e. The SMILES string of the molecule is O=C(C1=C(O)C(=O)N(Cc2ccccn2)C1c1ccncc1)c1ccco1. The fourth-order valence-corrected chi connectivity index (χ4v) is 3.15. The van der Waals surface area contributed by atoms with E-state index >= 15 is 0 Å². The van der Waals surface area contributed by atoms with Crippen molar-refractivity contribution in [3.8, 4) is 0 Å². The van der Waals surface area contributed by atoms with Gasteiger partial charge in [-0.3, -0.25) is 19.6 Å². The zero-order valence-corrected chi connectivity index (χ0v) is 14.1. The molecule has 0 saturated heterocycles. The third-order valence-electron chi connectivity index (χ3n) is 4.37. The van der Waals surface area contributed by atoms with E-state index < -0.39 is 23.5 Å². The van der Waals surface area contributed by atoms with Gasteiger partial charge in [0.1, 0.15) is 0 Å². The lowest BCUT2D eigenvalue weighted by molar-refractivity contribution is -0.130. The highest BCUT2D eigenvalue weighted by molar-refractivity contribution is 6.14. The summed E-state index contributed by atoms with van der Waals surface area (Å²) in [4.78, 5) is 35.3. The molecule has 134 valence electrons. The predicted octanol–water partition coefficient (Wildman–Crippen LogP) is 2.85. The van der Waals surface area contributed by atoms with Crippen molar-refractivity contribution in [1.82, 2.24) is 14.9 Å². The zero-order valence-electron chi connectivity index (χ0n) is 14.1. The molecule has 3 aromatic rings. The molecule has 1 unspecified atom stereocenters. The first-order chi connectivity index (χ1) is 13.2. The van der Waals surface area contributed by atoms with Crippen LogP contribution < -0.4 is 0 Å². The smallest absolute Gasteiger partial charge is 0.290 e. The average Bonchev–Trinajstić information content (AvgIpc) is 3.32. The van der Waals surface area contributed by atoms with Crippen LogP contribution in [-0.4, -0.2) is 31.7 Å². The second-order valence-corrected chi connectivity index (χ2v) is 6.01. The number of hydrogen-bond acceptors (Lipinski definition) is 6. The van der Waals surface area contributed by atoms with E-state index in [9.17, 15) is 14.7 Å². The molecule has 1 amide bonds. The molecule has 27 heavy (non-hydrogen) atoms. The number of ketones is 1. The molecule has 1 N–H and O–H groups in total. The molecule has 0 radical (unpaired) electrons. The monoisotopic (exact) mass is 361 g/mol. The van der Waals surface area contributed by atoms with Crippen LogP contribution in [0.1, 0.15) is 27.9 Å². The second kappa shape index (κ2) is 6.87. The Hall–Kier alpha value is -3.74. The molecule has 0 bridgehead atoms. The minimum absolute atomic E-state index is 0.0166. The van der Waals surface area contributed by atoms with Gasteiger partial charge in [-0.2, -0.15) is 0 Å². The molecule has 0 saturated carbocycles. The number of rotatable bonds is 5. The van der Waals surface area contributed by atoms with Gasteiger partial charge in [-0.1, -0.05) is 6.07 Å². The summed E-state index contributed by atoms with van der Waals surface area (Å²) in [6.45, 7) is 0.145. The molecule has 4 rings (SSSR count). The van der Waals surface area contributed by atoms with Gasteiger partial charge in [0, 0.05) is 18.6 Å². The van der Waals surface area contributed by atoms with Crippen molar-refractivity contribution >= 4 is 11.7 Å². The molecule has 3 aromatic heterocycles. The predicted molar refractivity (Wildman–Crippen MR) is 94.5 cm³/mol. The lowest BCUT2D eigenvalue weighted by Crippen LogP contribution is -2.31. The molecule has 7 heteroatoms. The van der Waals surface area contributed by atoms with Crippen LogP contribution in [0.25, 0.3) is 0 Å². The number of carbonyl (C=O) groups is 2. The molecular weight excluding hydrogens is 346 g/mol. The van der Waals surface area contributed by atoms with Gasteiger partial charge < -0.3 is 14.4 Å². The molecule has 1 aliphatic heterocycles. The maximum absolute atomic E-state index is 12.9. The normalized spacial score (nSPS) is 16.8. The largest absolute Gasteiger partial charge is 0.503 e. The Bertz CT molecular complexity index is 998. The van der Waals surface area contributed by atoms with E-state index in [-0.39, 0.29) is 17.9 Å². The van der Waals surface area contributed by atoms with E-state index in [0.717, 1.165) is 0 Å². The highest BCUT2D eigenvalue weighted by Crippen LogP contribution is 2.39. The van der Waals surface area contributed by atoms with Crippen molar-refractivity contribution in [3.05, 3.63) is 95.7 Å². The third kappa shape index (κ3) is 2.99. The number of aliphatic hydroxyl groups is 1. The van der Waals surface area contributed by atoms with Gasteiger partial charge in [-0.15, -0.1) is 0 Å². The number of aromatic nitrogens is 2. The minimum atomic E-state index is -0.764. The van der Waals surface area contributed by atoms with E-state index in [1.807, 2.05) is 6.07 Å². The number of Topliss-reactive ketones (excluding diaryl/α,β-unsaturated/α-hetero) is 1. The molecule has 0 aliphatic carbocycles. The first-order valence-corrected chi connectivity index (χ1v) is 8.29. The number of hydrogen-bond donors (Lipinski definition) is 1. The standard InChI is InChI=1S/C20H15N3O4/c24-18(15-5-3-11-27-15)16-17(13-6-9-21-10-7-13)23(20(26)19(16)25)12-14-4-1-2-8-22-14/h1-11,17,25H,12H2. The molecule has 1 aliphatic rings. The van der Waals surface area contributed by atoms with E-state index in [2.05, 4.69) is 9.97 Å². The van der Waals surface area contributed by atoms with Gasteiger partial charge in [0.2, 0.25) is 5.78 Å². The lowest BCUT2D eigenvalue weighted by atomic mass is 9.96. The number of furan rings is 1. The lowest BCUT2D eigenvalue weighted by Gasteiger charge is -2.26. The van der Waals surface area contributed by atoms with Crippen LogP contribution >= 0.6 is 0 Å². The number of nitrogens with zero attached hydrogens (tertiary/aromatic N) is 3. The molecular formula is C20H15N3O4. The number of amides is 1. The van der Waals surface area contributed by atoms with Crippen molar-refractivity contribution in [2.45, 2.75) is 12.6 Å². The van der Waals surface area contributed by atoms with E-state index in [4.69, 9.17) is 4.42 Å². The minimum Gasteiger partial charge on any atom is -0.503 e. The van der Waals surface area contributed by atoms with Gasteiger partial charge in [0.15, 0.2) is 11.5 Å². The molecule has 0 aromatic carbocycles. The van der Waals surface area contributed by atoms with Gasteiger partial charge >= 0.3 is 0 Å². The van der Waals surface area contributed by atoms with Crippen molar-refractivity contribution in [2.75, 3.05) is 0 Å². The van der Waals surface area contributed by atoms with Crippen LogP contribution in [0.4, 0.5) is 0 Å². The quantitative estimate of drug-likeness (QED) is 0.702.